The van der Waals surface area contributed by atoms with Gasteiger partial charge in [0.2, 0.25) is 0 Å². The normalized spacial score (nSPS) is 29.4. The predicted octanol–water partition coefficient (Wildman–Crippen LogP) is 2.89. The van der Waals surface area contributed by atoms with E-state index in [2.05, 4.69) is 25.1 Å². The van der Waals surface area contributed by atoms with Crippen molar-refractivity contribution in [2.24, 2.45) is 11.7 Å². The topological polar surface area (TPSA) is 53.1 Å². The summed E-state index contributed by atoms with van der Waals surface area (Å²) in [4.78, 5) is 0. The third-order valence-corrected chi connectivity index (χ3v) is 4.56. The maximum Gasteiger partial charge on any atom is 0.0871 e. The van der Waals surface area contributed by atoms with Gasteiger partial charge < -0.3 is 10.5 Å². The second kappa shape index (κ2) is 6.06. The minimum atomic E-state index is -0.202. The fourth-order valence-corrected chi connectivity index (χ4v) is 3.09. The number of methoxy groups -OCH3 is 1. The van der Waals surface area contributed by atoms with Crippen molar-refractivity contribution in [1.29, 1.82) is 0 Å². The van der Waals surface area contributed by atoms with Crippen LogP contribution < -0.4 is 5.73 Å². The van der Waals surface area contributed by atoms with Crippen LogP contribution in [0.3, 0.4) is 0 Å². The van der Waals surface area contributed by atoms with E-state index < -0.39 is 0 Å². The summed E-state index contributed by atoms with van der Waals surface area (Å²) in [6.45, 7) is 5.41. The number of nitrogens with zero attached hydrogens (tertiary/aromatic N) is 2. The molecule has 0 bridgehead atoms. The first-order valence-electron chi connectivity index (χ1n) is 7.44. The van der Waals surface area contributed by atoms with Crippen LogP contribution in [0.5, 0.6) is 0 Å². The molecule has 4 heteroatoms. The van der Waals surface area contributed by atoms with E-state index >= 15 is 0 Å². The molecule has 1 aromatic heterocycles. The van der Waals surface area contributed by atoms with Gasteiger partial charge in [0, 0.05) is 25.4 Å². The van der Waals surface area contributed by atoms with Gasteiger partial charge in [0.15, 0.2) is 0 Å². The van der Waals surface area contributed by atoms with Crippen LogP contribution in [0.25, 0.3) is 0 Å². The van der Waals surface area contributed by atoms with Crippen molar-refractivity contribution >= 4 is 0 Å². The van der Waals surface area contributed by atoms with E-state index in [4.69, 9.17) is 10.5 Å². The van der Waals surface area contributed by atoms with E-state index in [9.17, 15) is 0 Å². The summed E-state index contributed by atoms with van der Waals surface area (Å²) in [7, 11) is 1.80. The molecule has 1 fully saturated rings. The van der Waals surface area contributed by atoms with Crippen molar-refractivity contribution in [2.45, 2.75) is 64.1 Å². The van der Waals surface area contributed by atoms with Crippen LogP contribution >= 0.6 is 0 Å². The van der Waals surface area contributed by atoms with E-state index in [1.165, 1.54) is 12.8 Å². The van der Waals surface area contributed by atoms with Crippen molar-refractivity contribution in [3.63, 3.8) is 0 Å². The smallest absolute Gasteiger partial charge is 0.0871 e. The molecule has 2 N–H and O–H groups in total. The molecule has 1 aliphatic rings. The maximum atomic E-state index is 6.49. The molecule has 1 heterocycles. The van der Waals surface area contributed by atoms with Crippen molar-refractivity contribution in [2.75, 3.05) is 7.11 Å². The van der Waals surface area contributed by atoms with E-state index in [0.717, 1.165) is 37.3 Å². The van der Waals surface area contributed by atoms with E-state index in [-0.39, 0.29) is 11.6 Å². The number of aryl methyl sites for hydroxylation is 1. The fourth-order valence-electron chi connectivity index (χ4n) is 3.09. The van der Waals surface area contributed by atoms with Gasteiger partial charge in [0.1, 0.15) is 0 Å². The Morgan fingerprint density at radius 3 is 2.79 bits per heavy atom. The lowest BCUT2D eigenvalue weighted by atomic mass is 9.74. The summed E-state index contributed by atoms with van der Waals surface area (Å²) >= 11 is 0. The Morgan fingerprint density at radius 1 is 1.53 bits per heavy atom. The average molecular weight is 265 g/mol. The van der Waals surface area contributed by atoms with Crippen molar-refractivity contribution in [3.05, 3.63) is 18.0 Å². The van der Waals surface area contributed by atoms with Crippen LogP contribution in [0.15, 0.2) is 12.4 Å². The van der Waals surface area contributed by atoms with Gasteiger partial charge in [0.25, 0.3) is 0 Å². The number of rotatable bonds is 5. The molecule has 19 heavy (non-hydrogen) atoms. The molecular formula is C15H27N3O. The third-order valence-electron chi connectivity index (χ3n) is 4.56. The molecule has 0 radical (unpaired) electrons. The number of hydrogen-bond acceptors (Lipinski definition) is 3. The molecule has 0 amide bonds. The van der Waals surface area contributed by atoms with E-state index in [1.807, 2.05) is 10.9 Å². The van der Waals surface area contributed by atoms with Gasteiger partial charge in [-0.1, -0.05) is 13.8 Å². The van der Waals surface area contributed by atoms with Crippen LogP contribution in [-0.4, -0.2) is 22.5 Å². The first-order valence-corrected chi connectivity index (χ1v) is 7.44. The number of nitrogens with two attached hydrogens (primary N) is 1. The van der Waals surface area contributed by atoms with Crippen molar-refractivity contribution in [1.82, 2.24) is 9.78 Å². The summed E-state index contributed by atoms with van der Waals surface area (Å²) in [6.07, 6.45) is 9.56. The highest BCUT2D eigenvalue weighted by atomic mass is 16.5. The molecule has 0 spiro atoms. The lowest BCUT2D eigenvalue weighted by molar-refractivity contribution is -0.0672. The molecule has 0 aromatic carbocycles. The van der Waals surface area contributed by atoms with Crippen molar-refractivity contribution in [3.8, 4) is 0 Å². The highest BCUT2D eigenvalue weighted by Crippen LogP contribution is 2.41. The molecule has 1 unspecified atom stereocenters. The molecular weight excluding hydrogens is 238 g/mol. The number of hydrogen-bond donors (Lipinski definition) is 1. The molecule has 2 rings (SSSR count). The summed E-state index contributed by atoms with van der Waals surface area (Å²) in [5, 5.41) is 4.38. The Hall–Kier alpha value is -0.870. The van der Waals surface area contributed by atoms with Gasteiger partial charge in [-0.15, -0.1) is 0 Å². The first kappa shape index (κ1) is 14.5. The molecule has 0 aliphatic heterocycles. The highest BCUT2D eigenvalue weighted by Gasteiger charge is 2.40. The SMILES string of the molecule is CCCn1cc(C(N)C2(OC)CCC(C)CC2)cn1. The Balaban J connectivity index is 2.13. The van der Waals surface area contributed by atoms with E-state index in [0.29, 0.717) is 0 Å². The largest absolute Gasteiger partial charge is 0.376 e. The second-order valence-corrected chi connectivity index (χ2v) is 5.97. The minimum absolute atomic E-state index is 0.0735. The van der Waals surface area contributed by atoms with Crippen LogP contribution in [0.4, 0.5) is 0 Å². The second-order valence-electron chi connectivity index (χ2n) is 5.97. The zero-order valence-corrected chi connectivity index (χ0v) is 12.4. The standard InChI is InChI=1S/C15H27N3O/c1-4-9-18-11-13(10-17-18)14(16)15(19-3)7-5-12(2)6-8-15/h10-12,14H,4-9,16H2,1-3H3. The average Bonchev–Trinajstić information content (AvgIpc) is 2.88. The lowest BCUT2D eigenvalue weighted by Gasteiger charge is -2.42. The van der Waals surface area contributed by atoms with Gasteiger partial charge in [-0.05, 0) is 38.0 Å². The van der Waals surface area contributed by atoms with E-state index in [1.54, 1.807) is 7.11 Å². The van der Waals surface area contributed by atoms with Crippen LogP contribution in [-0.2, 0) is 11.3 Å². The molecule has 108 valence electrons. The van der Waals surface area contributed by atoms with Gasteiger partial charge in [-0.3, -0.25) is 4.68 Å². The van der Waals surface area contributed by atoms with Crippen LogP contribution in [0, 0.1) is 5.92 Å². The Labute approximate surface area is 116 Å². The maximum absolute atomic E-state index is 6.49. The molecule has 1 atom stereocenters. The fraction of sp³-hybridized carbons (Fsp3) is 0.800. The third kappa shape index (κ3) is 3.00. The molecule has 1 saturated carbocycles. The van der Waals surface area contributed by atoms with Crippen molar-refractivity contribution < 1.29 is 4.74 Å². The summed E-state index contributed by atoms with van der Waals surface area (Å²) in [5.74, 6) is 0.790. The van der Waals surface area contributed by atoms with Gasteiger partial charge in [-0.2, -0.15) is 5.10 Å². The first-order chi connectivity index (χ1) is 9.11. The Bertz CT molecular complexity index is 394. The number of ether oxygens (including phenoxy) is 1. The van der Waals surface area contributed by atoms with Crippen LogP contribution in [0.2, 0.25) is 0 Å². The molecule has 4 nitrogen and oxygen atoms in total. The van der Waals surface area contributed by atoms with Gasteiger partial charge in [-0.25, -0.2) is 0 Å². The predicted molar refractivity (Wildman–Crippen MR) is 76.8 cm³/mol. The number of aromatic nitrogens is 2. The quantitative estimate of drug-likeness (QED) is 0.890. The summed E-state index contributed by atoms with van der Waals surface area (Å²) in [6, 6.07) is -0.0735. The van der Waals surface area contributed by atoms with Gasteiger partial charge in [0.05, 0.1) is 17.8 Å². The summed E-state index contributed by atoms with van der Waals surface area (Å²) < 4.78 is 7.83. The van der Waals surface area contributed by atoms with Crippen LogP contribution in [0.1, 0.15) is 57.6 Å². The molecule has 1 aromatic rings. The highest BCUT2D eigenvalue weighted by molar-refractivity contribution is 5.16. The zero-order valence-electron chi connectivity index (χ0n) is 12.4. The van der Waals surface area contributed by atoms with Gasteiger partial charge >= 0.3 is 0 Å². The minimum Gasteiger partial charge on any atom is -0.376 e. The molecule has 1 aliphatic carbocycles. The Morgan fingerprint density at radius 2 is 2.21 bits per heavy atom. The monoisotopic (exact) mass is 265 g/mol. The molecule has 0 saturated heterocycles. The Kier molecular flexibility index (Phi) is 4.63. The lowest BCUT2D eigenvalue weighted by Crippen LogP contribution is -2.45. The summed E-state index contributed by atoms with van der Waals surface area (Å²) in [5.41, 5.74) is 7.39. The zero-order chi connectivity index (χ0) is 13.9.